The van der Waals surface area contributed by atoms with Crippen LogP contribution in [0.2, 0.25) is 0 Å². The summed E-state index contributed by atoms with van der Waals surface area (Å²) in [6.07, 6.45) is 3.52. The molecule has 0 saturated heterocycles. The van der Waals surface area contributed by atoms with E-state index >= 15 is 0 Å². The second-order valence-electron chi connectivity index (χ2n) is 6.91. The van der Waals surface area contributed by atoms with Crippen LogP contribution in [0.4, 0.5) is 5.82 Å². The summed E-state index contributed by atoms with van der Waals surface area (Å²) in [4.78, 5) is 24.6. The van der Waals surface area contributed by atoms with Crippen molar-refractivity contribution in [2.24, 2.45) is 0 Å². The van der Waals surface area contributed by atoms with Gasteiger partial charge in [0.25, 0.3) is 0 Å². The molecule has 0 bridgehead atoms. The van der Waals surface area contributed by atoms with Gasteiger partial charge in [0.15, 0.2) is 5.65 Å². The van der Waals surface area contributed by atoms with Crippen molar-refractivity contribution in [3.05, 3.63) is 72.6 Å². The topological polar surface area (TPSA) is 88.5 Å². The molecular weight excluding hydrogens is 364 g/mol. The molecule has 29 heavy (non-hydrogen) atoms. The molecule has 5 aromatic rings. The van der Waals surface area contributed by atoms with Gasteiger partial charge in [0.05, 0.1) is 23.3 Å². The first kappa shape index (κ1) is 17.1. The zero-order chi connectivity index (χ0) is 19.8. The largest absolute Gasteiger partial charge is 0.311 e. The zero-order valence-electron chi connectivity index (χ0n) is 15.8. The van der Waals surface area contributed by atoms with Gasteiger partial charge in [-0.05, 0) is 48.0 Å². The van der Waals surface area contributed by atoms with Crippen molar-refractivity contribution in [2.45, 2.75) is 13.5 Å². The third-order valence-electron chi connectivity index (χ3n) is 4.76. The number of hydrogen-bond acceptors (Lipinski definition) is 4. The van der Waals surface area contributed by atoms with Gasteiger partial charge in [-0.3, -0.25) is 19.6 Å². The standard InChI is InChI=1S/C22H18N6O/c1-14(29)25-21-9-5-17(12-24-21)19-7-8-20-22(26-19)28(27-20)13-15-4-6-18-16(11-15)3-2-10-23-18/h2-12,27H,13H2,1H3,(H,24,25,29). The molecule has 0 aliphatic rings. The molecule has 2 N–H and O–H groups in total. The Hall–Kier alpha value is -4.00. The molecule has 4 aromatic heterocycles. The third-order valence-corrected chi connectivity index (χ3v) is 4.76. The highest BCUT2D eigenvalue weighted by Gasteiger charge is 2.11. The summed E-state index contributed by atoms with van der Waals surface area (Å²) in [5.74, 6) is 0.384. The number of aromatic nitrogens is 5. The minimum Gasteiger partial charge on any atom is -0.311 e. The Morgan fingerprint density at radius 3 is 2.86 bits per heavy atom. The van der Waals surface area contributed by atoms with Crippen LogP contribution in [-0.2, 0) is 11.3 Å². The number of pyridine rings is 3. The fraction of sp³-hybridized carbons (Fsp3) is 0.0909. The van der Waals surface area contributed by atoms with Crippen LogP contribution in [0.1, 0.15) is 12.5 Å². The summed E-state index contributed by atoms with van der Waals surface area (Å²) in [5, 5.41) is 7.11. The van der Waals surface area contributed by atoms with Crippen molar-refractivity contribution in [3.8, 4) is 11.3 Å². The molecule has 0 radical (unpaired) electrons. The molecule has 1 aromatic carbocycles. The predicted octanol–water partition coefficient (Wildman–Crippen LogP) is 3.98. The molecule has 7 nitrogen and oxygen atoms in total. The summed E-state index contributed by atoms with van der Waals surface area (Å²) in [7, 11) is 0. The minimum atomic E-state index is -0.143. The molecule has 5 rings (SSSR count). The lowest BCUT2D eigenvalue weighted by Crippen LogP contribution is -2.13. The predicted molar refractivity (Wildman–Crippen MR) is 112 cm³/mol. The van der Waals surface area contributed by atoms with Gasteiger partial charge in [0.2, 0.25) is 5.91 Å². The van der Waals surface area contributed by atoms with Crippen molar-refractivity contribution in [1.82, 2.24) is 24.7 Å². The number of H-pyrrole nitrogens is 1. The molecule has 7 heteroatoms. The lowest BCUT2D eigenvalue weighted by Gasteiger charge is -2.17. The maximum absolute atomic E-state index is 11.1. The number of carbonyl (C=O) groups excluding carboxylic acids is 1. The van der Waals surface area contributed by atoms with Crippen LogP contribution in [0.3, 0.4) is 0 Å². The van der Waals surface area contributed by atoms with Crippen molar-refractivity contribution >= 4 is 33.8 Å². The first-order chi connectivity index (χ1) is 14.2. The first-order valence-electron chi connectivity index (χ1n) is 9.29. The Morgan fingerprint density at radius 1 is 1.10 bits per heavy atom. The van der Waals surface area contributed by atoms with Crippen LogP contribution in [-0.4, -0.2) is 30.6 Å². The van der Waals surface area contributed by atoms with Gasteiger partial charge < -0.3 is 5.32 Å². The number of nitrogens with one attached hydrogen (secondary N) is 2. The number of carbonyl (C=O) groups is 1. The highest BCUT2D eigenvalue weighted by atomic mass is 16.1. The molecule has 0 aliphatic heterocycles. The monoisotopic (exact) mass is 382 g/mol. The van der Waals surface area contributed by atoms with E-state index in [1.807, 2.05) is 35.0 Å². The molecule has 0 atom stereocenters. The molecule has 0 saturated carbocycles. The van der Waals surface area contributed by atoms with E-state index in [0.717, 1.165) is 33.3 Å². The maximum Gasteiger partial charge on any atom is 0.222 e. The minimum absolute atomic E-state index is 0.143. The van der Waals surface area contributed by atoms with E-state index in [0.29, 0.717) is 12.4 Å². The number of anilines is 1. The maximum atomic E-state index is 11.1. The molecule has 0 spiro atoms. The number of amides is 1. The van der Waals surface area contributed by atoms with Crippen LogP contribution in [0.25, 0.3) is 33.3 Å². The summed E-state index contributed by atoms with van der Waals surface area (Å²) >= 11 is 0. The molecule has 0 unspecified atom stereocenters. The van der Waals surface area contributed by atoms with Gasteiger partial charge in [0, 0.05) is 30.3 Å². The third kappa shape index (κ3) is 3.34. The van der Waals surface area contributed by atoms with Gasteiger partial charge in [0.1, 0.15) is 5.82 Å². The SMILES string of the molecule is CC(=O)Nc1ccc(-c2ccc3[nH]n(Cc4ccc5ncccc5c4)c3n2)cn1. The average molecular weight is 382 g/mol. The molecule has 1 amide bonds. The number of nitrogens with zero attached hydrogens (tertiary/aromatic N) is 4. The Kier molecular flexibility index (Phi) is 4.05. The summed E-state index contributed by atoms with van der Waals surface area (Å²) in [6, 6.07) is 17.9. The number of hydrogen-bond donors (Lipinski definition) is 2. The van der Waals surface area contributed by atoms with Gasteiger partial charge in [-0.1, -0.05) is 12.1 Å². The zero-order valence-corrected chi connectivity index (χ0v) is 15.8. The number of aromatic amines is 1. The number of benzene rings is 1. The van der Waals surface area contributed by atoms with Crippen molar-refractivity contribution in [1.29, 1.82) is 0 Å². The van der Waals surface area contributed by atoms with Gasteiger partial charge in [-0.25, -0.2) is 9.97 Å². The Labute approximate surface area is 166 Å². The average Bonchev–Trinajstić information content (AvgIpc) is 2.72. The van der Waals surface area contributed by atoms with E-state index in [1.165, 1.54) is 12.5 Å². The van der Waals surface area contributed by atoms with Crippen LogP contribution < -0.4 is 5.32 Å². The van der Waals surface area contributed by atoms with E-state index in [-0.39, 0.29) is 5.91 Å². The van der Waals surface area contributed by atoms with Gasteiger partial charge >= 0.3 is 0 Å². The smallest absolute Gasteiger partial charge is 0.222 e. The Bertz CT molecular complexity index is 1330. The van der Waals surface area contributed by atoms with Crippen LogP contribution >= 0.6 is 0 Å². The summed E-state index contributed by atoms with van der Waals surface area (Å²) in [6.45, 7) is 2.16. The first-order valence-corrected chi connectivity index (χ1v) is 9.29. The van der Waals surface area contributed by atoms with E-state index in [1.54, 1.807) is 18.5 Å². The fourth-order valence-corrected chi connectivity index (χ4v) is 3.37. The normalized spacial score (nSPS) is 11.2. The molecule has 142 valence electrons. The molecule has 4 heterocycles. The number of fused-ring (bicyclic) bond motifs is 2. The van der Waals surface area contributed by atoms with Gasteiger partial charge in [-0.2, -0.15) is 0 Å². The van der Waals surface area contributed by atoms with Crippen molar-refractivity contribution in [3.63, 3.8) is 0 Å². The Morgan fingerprint density at radius 2 is 2.03 bits per heavy atom. The quantitative estimate of drug-likeness (QED) is 0.492. The molecule has 0 aliphatic carbocycles. The van der Waals surface area contributed by atoms with Crippen LogP contribution in [0.15, 0.2) is 67.0 Å². The lowest BCUT2D eigenvalue weighted by atomic mass is 10.1. The van der Waals surface area contributed by atoms with Crippen molar-refractivity contribution < 1.29 is 4.79 Å². The van der Waals surface area contributed by atoms with Crippen LogP contribution in [0, 0.1) is 0 Å². The number of rotatable bonds is 4. The Balaban J connectivity index is 1.42. The van der Waals surface area contributed by atoms with E-state index in [9.17, 15) is 4.79 Å². The summed E-state index contributed by atoms with van der Waals surface area (Å²) < 4.78 is 2.02. The molecule has 0 fully saturated rings. The lowest BCUT2D eigenvalue weighted by molar-refractivity contribution is -0.114. The van der Waals surface area contributed by atoms with Crippen molar-refractivity contribution in [2.75, 3.05) is 5.32 Å². The second-order valence-corrected chi connectivity index (χ2v) is 6.91. The van der Waals surface area contributed by atoms with Crippen LogP contribution in [0.5, 0.6) is 0 Å². The summed E-state index contributed by atoms with van der Waals surface area (Å²) in [5.41, 5.74) is 5.80. The van der Waals surface area contributed by atoms with E-state index in [4.69, 9.17) is 4.98 Å². The van der Waals surface area contributed by atoms with Gasteiger partial charge in [-0.15, -0.1) is 0 Å². The highest BCUT2D eigenvalue weighted by Crippen LogP contribution is 2.23. The fourth-order valence-electron chi connectivity index (χ4n) is 3.37. The second kappa shape index (κ2) is 6.87. The van der Waals surface area contributed by atoms with E-state index in [2.05, 4.69) is 38.6 Å². The molecular formula is C22H18N6O. The van der Waals surface area contributed by atoms with E-state index < -0.39 is 0 Å². The highest BCUT2D eigenvalue weighted by molar-refractivity contribution is 5.87.